The third-order valence-electron chi connectivity index (χ3n) is 3.38. The van der Waals surface area contributed by atoms with Gasteiger partial charge >= 0.3 is 11.9 Å². The number of hydrogen-bond acceptors (Lipinski definition) is 4. The molecule has 0 aromatic heterocycles. The number of carbonyl (C=O) groups is 2. The molecule has 4 nitrogen and oxygen atoms in total. The normalized spacial score (nSPS) is 24.4. The molecule has 1 aliphatic carbocycles. The van der Waals surface area contributed by atoms with E-state index in [4.69, 9.17) is 32.7 Å². The van der Waals surface area contributed by atoms with E-state index in [1.165, 1.54) is 0 Å². The number of alkyl halides is 2. The highest BCUT2D eigenvalue weighted by Crippen LogP contribution is 2.59. The number of carbonyl (C=O) groups excluding carboxylic acids is 2. The van der Waals surface area contributed by atoms with Gasteiger partial charge in [0, 0.05) is 11.8 Å². The summed E-state index contributed by atoms with van der Waals surface area (Å²) in [4.78, 5) is 23.4. The Kier molecular flexibility index (Phi) is 5.27. The highest BCUT2D eigenvalue weighted by Gasteiger charge is 2.64. The van der Waals surface area contributed by atoms with Gasteiger partial charge in [0.1, 0.15) is 4.33 Å². The van der Waals surface area contributed by atoms with Crippen LogP contribution in [0.4, 0.5) is 0 Å². The van der Waals surface area contributed by atoms with Crippen molar-refractivity contribution >= 4 is 35.1 Å². The maximum Gasteiger partial charge on any atom is 0.311 e. The quantitative estimate of drug-likeness (QED) is 0.580. The van der Waals surface area contributed by atoms with Gasteiger partial charge in [-0.3, -0.25) is 9.59 Å². The van der Waals surface area contributed by atoms with E-state index in [0.29, 0.717) is 0 Å². The van der Waals surface area contributed by atoms with Crippen molar-refractivity contribution in [3.05, 3.63) is 0 Å². The Morgan fingerprint density at radius 1 is 0.857 bits per heavy atom. The van der Waals surface area contributed by atoms with E-state index < -0.39 is 15.2 Å². The molecule has 0 amide bonds. The average Bonchev–Trinajstić information content (AvgIpc) is 2.81. The lowest BCUT2D eigenvalue weighted by Gasteiger charge is -2.17. The molecule has 2 unspecified atom stereocenters. The van der Waals surface area contributed by atoms with E-state index in [1.807, 2.05) is 0 Å². The zero-order valence-corrected chi connectivity index (χ0v) is 15.0. The lowest BCUT2D eigenvalue weighted by molar-refractivity contribution is -0.155. The summed E-state index contributed by atoms with van der Waals surface area (Å²) in [5, 5.41) is 0. The number of hydrogen-bond donors (Lipinski definition) is 0. The smallest absolute Gasteiger partial charge is 0.311 e. The fraction of sp³-hybridized carbons (Fsp3) is 0.867. The molecule has 21 heavy (non-hydrogen) atoms. The second-order valence-electron chi connectivity index (χ2n) is 7.58. The van der Waals surface area contributed by atoms with Crippen LogP contribution in [0.15, 0.2) is 0 Å². The van der Waals surface area contributed by atoms with Gasteiger partial charge in [-0.05, 0) is 41.5 Å². The Labute approximate surface area is 136 Å². The Balaban J connectivity index is 2.45. The van der Waals surface area contributed by atoms with E-state index in [1.54, 1.807) is 41.5 Å². The molecule has 0 saturated heterocycles. The first-order valence-electron chi connectivity index (χ1n) is 7.00. The van der Waals surface area contributed by atoms with Crippen LogP contribution in [0.2, 0.25) is 0 Å². The van der Waals surface area contributed by atoms with Gasteiger partial charge in [0.2, 0.25) is 0 Å². The first-order chi connectivity index (χ1) is 9.28. The molecule has 2 atom stereocenters. The molecule has 1 saturated carbocycles. The Morgan fingerprint density at radius 2 is 1.14 bits per heavy atom. The fourth-order valence-electron chi connectivity index (χ4n) is 1.68. The second kappa shape index (κ2) is 5.96. The van der Waals surface area contributed by atoms with Gasteiger partial charge in [0.25, 0.3) is 0 Å². The van der Waals surface area contributed by atoms with Crippen molar-refractivity contribution in [3.63, 3.8) is 0 Å². The topological polar surface area (TPSA) is 52.6 Å². The van der Waals surface area contributed by atoms with Crippen molar-refractivity contribution in [2.75, 3.05) is 13.2 Å². The van der Waals surface area contributed by atoms with E-state index in [0.717, 1.165) is 0 Å². The maximum absolute atomic E-state index is 11.7. The average molecular weight is 339 g/mol. The molecule has 6 heteroatoms. The van der Waals surface area contributed by atoms with Crippen molar-refractivity contribution in [1.29, 1.82) is 0 Å². The molecule has 0 aliphatic heterocycles. The summed E-state index contributed by atoms with van der Waals surface area (Å²) < 4.78 is 9.44. The third kappa shape index (κ3) is 4.75. The maximum atomic E-state index is 11.7. The van der Waals surface area contributed by atoms with Gasteiger partial charge in [-0.25, -0.2) is 0 Å². The predicted molar refractivity (Wildman–Crippen MR) is 82.2 cm³/mol. The van der Waals surface area contributed by atoms with E-state index in [-0.39, 0.29) is 37.0 Å². The van der Waals surface area contributed by atoms with Gasteiger partial charge < -0.3 is 9.47 Å². The van der Waals surface area contributed by atoms with Crippen LogP contribution in [0, 0.1) is 22.7 Å². The van der Waals surface area contributed by atoms with Crippen LogP contribution in [-0.4, -0.2) is 29.5 Å². The summed E-state index contributed by atoms with van der Waals surface area (Å²) in [7, 11) is 0. The van der Waals surface area contributed by atoms with Gasteiger partial charge in [0.15, 0.2) is 0 Å². The van der Waals surface area contributed by atoms with Crippen LogP contribution >= 0.6 is 23.2 Å². The van der Waals surface area contributed by atoms with E-state index in [2.05, 4.69) is 0 Å². The Hall–Kier alpha value is -0.480. The first kappa shape index (κ1) is 18.6. The van der Waals surface area contributed by atoms with Crippen molar-refractivity contribution in [2.45, 2.75) is 45.9 Å². The molecule has 0 heterocycles. The summed E-state index contributed by atoms with van der Waals surface area (Å²) in [6, 6.07) is 0. The number of ether oxygens (including phenoxy) is 2. The van der Waals surface area contributed by atoms with Crippen molar-refractivity contribution in [3.8, 4) is 0 Å². The summed E-state index contributed by atoms with van der Waals surface area (Å²) in [6.07, 6.45) is 0. The van der Waals surface area contributed by atoms with Crippen molar-refractivity contribution < 1.29 is 19.1 Å². The summed E-state index contributed by atoms with van der Waals surface area (Å²) in [5.41, 5.74) is -1.13. The third-order valence-corrected chi connectivity index (χ3v) is 4.50. The minimum absolute atomic E-state index is 0.140. The van der Waals surface area contributed by atoms with Crippen molar-refractivity contribution in [2.24, 2.45) is 22.7 Å². The zero-order chi connectivity index (χ0) is 16.6. The summed E-state index contributed by atoms with van der Waals surface area (Å²) >= 11 is 12.3. The monoisotopic (exact) mass is 338 g/mol. The largest absolute Gasteiger partial charge is 0.465 e. The van der Waals surface area contributed by atoms with Crippen LogP contribution in [0.5, 0.6) is 0 Å². The van der Waals surface area contributed by atoms with Gasteiger partial charge in [0.05, 0.1) is 24.0 Å². The van der Waals surface area contributed by atoms with Crippen molar-refractivity contribution in [1.82, 2.24) is 0 Å². The van der Waals surface area contributed by atoms with Crippen LogP contribution < -0.4 is 0 Å². The molecule has 0 aromatic rings. The molecule has 0 bridgehead atoms. The molecule has 122 valence electrons. The van der Waals surface area contributed by atoms with E-state index in [9.17, 15) is 9.59 Å². The predicted octanol–water partition coefficient (Wildman–Crippen LogP) is 3.58. The second-order valence-corrected chi connectivity index (χ2v) is 9.03. The Morgan fingerprint density at radius 3 is 1.38 bits per heavy atom. The minimum Gasteiger partial charge on any atom is -0.465 e. The molecule has 0 aromatic carbocycles. The van der Waals surface area contributed by atoms with Crippen LogP contribution in [-0.2, 0) is 19.1 Å². The molecular weight excluding hydrogens is 315 g/mol. The first-order valence-corrected chi connectivity index (χ1v) is 7.75. The highest BCUT2D eigenvalue weighted by molar-refractivity contribution is 6.51. The standard InChI is InChI=1S/C15H24Cl2O4/c1-13(2,3)11(18)20-7-9-10(15(9,16)17)8-21-12(19)14(4,5)6/h9-10H,7-8H2,1-6H3. The molecule has 1 rings (SSSR count). The van der Waals surface area contributed by atoms with Gasteiger partial charge in [-0.15, -0.1) is 23.2 Å². The lowest BCUT2D eigenvalue weighted by atomic mass is 9.97. The highest BCUT2D eigenvalue weighted by atomic mass is 35.5. The molecule has 0 radical (unpaired) electrons. The van der Waals surface area contributed by atoms with Gasteiger partial charge in [-0.1, -0.05) is 0 Å². The number of esters is 2. The van der Waals surface area contributed by atoms with Crippen LogP contribution in [0.25, 0.3) is 0 Å². The Bertz CT molecular complexity index is 380. The number of rotatable bonds is 4. The van der Waals surface area contributed by atoms with Crippen LogP contribution in [0.1, 0.15) is 41.5 Å². The molecule has 1 fully saturated rings. The molecular formula is C15H24Cl2O4. The molecule has 0 spiro atoms. The number of halogens is 2. The summed E-state index contributed by atoms with van der Waals surface area (Å²) in [5.74, 6) is -1.02. The van der Waals surface area contributed by atoms with Crippen LogP contribution in [0.3, 0.4) is 0 Å². The summed E-state index contributed by atoms with van der Waals surface area (Å²) in [6.45, 7) is 10.9. The lowest BCUT2D eigenvalue weighted by Crippen LogP contribution is -2.25. The van der Waals surface area contributed by atoms with Gasteiger partial charge in [-0.2, -0.15) is 0 Å². The zero-order valence-electron chi connectivity index (χ0n) is 13.5. The minimum atomic E-state index is -1.00. The SMILES string of the molecule is CC(C)(C)C(=O)OCC1C(COC(=O)C(C)(C)C)C1(Cl)Cl. The fourth-order valence-corrected chi connectivity index (χ4v) is 2.41. The molecule has 0 N–H and O–H groups in total. The molecule has 1 aliphatic rings. The van der Waals surface area contributed by atoms with E-state index >= 15 is 0 Å².